The molecule has 3 heteroatoms. The van der Waals surface area contributed by atoms with Crippen molar-refractivity contribution in [1.82, 2.24) is 0 Å². The van der Waals surface area contributed by atoms with Gasteiger partial charge in [-0.2, -0.15) is 0 Å². The van der Waals surface area contributed by atoms with Crippen LogP contribution in [0.1, 0.15) is 5.56 Å². The van der Waals surface area contributed by atoms with E-state index < -0.39 is 6.10 Å². The summed E-state index contributed by atoms with van der Waals surface area (Å²) in [6.45, 7) is 0. The number of carbonyl (C=O) groups excluding carboxylic acids is 1. The highest BCUT2D eigenvalue weighted by molar-refractivity contribution is 6.30. The van der Waals surface area contributed by atoms with Crippen LogP contribution in [-0.2, 0) is 4.79 Å². The highest BCUT2D eigenvalue weighted by Crippen LogP contribution is 2.31. The maximum atomic E-state index is 11.8. The largest absolute Gasteiger partial charge is 0.477 e. The second kappa shape index (κ2) is 3.90. The molecule has 0 aromatic heterocycles. The normalized spacial score (nSPS) is 21.1. The van der Waals surface area contributed by atoms with Gasteiger partial charge in [-0.1, -0.05) is 35.9 Å². The van der Waals surface area contributed by atoms with Crippen molar-refractivity contribution in [2.24, 2.45) is 0 Å². The van der Waals surface area contributed by atoms with Crippen molar-refractivity contribution in [1.29, 1.82) is 0 Å². The van der Waals surface area contributed by atoms with Crippen LogP contribution in [-0.4, -0.2) is 11.9 Å². The number of hydrogen-bond donors (Lipinski definition) is 0. The Morgan fingerprint density at radius 3 is 2.94 bits per heavy atom. The Balaban J connectivity index is 2.10. The molecule has 2 aliphatic rings. The molecular weight excluding hydrogens is 236 g/mol. The first-order valence-electron chi connectivity index (χ1n) is 5.30. The Kier molecular flexibility index (Phi) is 2.37. The molecule has 0 spiro atoms. The number of ether oxygens (including phenoxy) is 1. The van der Waals surface area contributed by atoms with Gasteiger partial charge < -0.3 is 4.74 Å². The number of halogens is 1. The fourth-order valence-corrected chi connectivity index (χ4v) is 2.09. The third kappa shape index (κ3) is 1.81. The Labute approximate surface area is 104 Å². The van der Waals surface area contributed by atoms with Crippen molar-refractivity contribution in [3.63, 3.8) is 0 Å². The smallest absolute Gasteiger partial charge is 0.200 e. The molecule has 0 saturated heterocycles. The first-order valence-corrected chi connectivity index (χ1v) is 5.68. The van der Waals surface area contributed by atoms with Gasteiger partial charge in [-0.15, -0.1) is 0 Å². The number of allylic oxidation sites excluding steroid dienone is 2. The molecule has 84 valence electrons. The van der Waals surface area contributed by atoms with Gasteiger partial charge in [0.05, 0.1) is 0 Å². The van der Waals surface area contributed by atoms with Crippen LogP contribution in [0.4, 0.5) is 0 Å². The zero-order chi connectivity index (χ0) is 11.8. The molecule has 3 rings (SSSR count). The molecule has 0 amide bonds. The van der Waals surface area contributed by atoms with E-state index in [0.717, 1.165) is 11.1 Å². The molecule has 1 atom stereocenters. The van der Waals surface area contributed by atoms with E-state index in [2.05, 4.69) is 0 Å². The third-order valence-electron chi connectivity index (χ3n) is 2.79. The number of fused-ring (bicyclic) bond motifs is 2. The van der Waals surface area contributed by atoms with Crippen molar-refractivity contribution in [2.75, 3.05) is 0 Å². The van der Waals surface area contributed by atoms with Crippen LogP contribution >= 0.6 is 11.6 Å². The summed E-state index contributed by atoms with van der Waals surface area (Å²) >= 11 is 5.92. The predicted octanol–water partition coefficient (Wildman–Crippen LogP) is 3.18. The van der Waals surface area contributed by atoms with Crippen molar-refractivity contribution >= 4 is 23.5 Å². The quantitative estimate of drug-likeness (QED) is 0.701. The summed E-state index contributed by atoms with van der Waals surface area (Å²) in [6, 6.07) is 5.41. The summed E-state index contributed by atoms with van der Waals surface area (Å²) in [6.07, 6.45) is 8.45. The van der Waals surface area contributed by atoms with E-state index in [1.54, 1.807) is 18.2 Å². The van der Waals surface area contributed by atoms with Gasteiger partial charge in [-0.05, 0) is 24.3 Å². The summed E-state index contributed by atoms with van der Waals surface area (Å²) in [5, 5.41) is 0.600. The molecule has 1 heterocycles. The van der Waals surface area contributed by atoms with E-state index in [-0.39, 0.29) is 5.78 Å². The van der Waals surface area contributed by atoms with Crippen LogP contribution in [0.15, 0.2) is 48.1 Å². The predicted molar refractivity (Wildman–Crippen MR) is 67.1 cm³/mol. The standard InChI is InChI=1S/C14H9ClO2/c15-11-7-6-9-4-5-10-2-1-3-12(16)14(10)17-13(9)8-11/h1-8,14H. The third-order valence-corrected chi connectivity index (χ3v) is 3.02. The van der Waals surface area contributed by atoms with Crippen molar-refractivity contribution in [3.8, 4) is 5.75 Å². The topological polar surface area (TPSA) is 26.3 Å². The summed E-state index contributed by atoms with van der Waals surface area (Å²) in [4.78, 5) is 11.8. The van der Waals surface area contributed by atoms with Crippen LogP contribution in [0.2, 0.25) is 5.02 Å². The minimum atomic E-state index is -0.545. The van der Waals surface area contributed by atoms with Gasteiger partial charge in [0, 0.05) is 16.2 Å². The summed E-state index contributed by atoms with van der Waals surface area (Å²) < 4.78 is 5.74. The van der Waals surface area contributed by atoms with Gasteiger partial charge >= 0.3 is 0 Å². The second-order valence-electron chi connectivity index (χ2n) is 3.94. The summed E-state index contributed by atoms with van der Waals surface area (Å²) in [5.74, 6) is 0.603. The van der Waals surface area contributed by atoms with Crippen molar-refractivity contribution in [2.45, 2.75) is 6.10 Å². The zero-order valence-corrected chi connectivity index (χ0v) is 9.65. The van der Waals surface area contributed by atoms with Crippen LogP contribution in [0, 0.1) is 0 Å². The van der Waals surface area contributed by atoms with E-state index in [0.29, 0.717) is 10.8 Å². The van der Waals surface area contributed by atoms with Crippen molar-refractivity contribution in [3.05, 3.63) is 58.7 Å². The Bertz CT molecular complexity index is 582. The highest BCUT2D eigenvalue weighted by atomic mass is 35.5. The molecule has 0 radical (unpaired) electrons. The molecule has 0 fully saturated rings. The van der Waals surface area contributed by atoms with Crippen LogP contribution in [0.3, 0.4) is 0 Å². The second-order valence-corrected chi connectivity index (χ2v) is 4.38. The van der Waals surface area contributed by atoms with E-state index in [1.807, 2.05) is 24.3 Å². The highest BCUT2D eigenvalue weighted by Gasteiger charge is 2.26. The number of carbonyl (C=O) groups is 1. The zero-order valence-electron chi connectivity index (χ0n) is 8.89. The maximum absolute atomic E-state index is 11.8. The maximum Gasteiger partial charge on any atom is 0.200 e. The number of benzene rings is 1. The first-order chi connectivity index (χ1) is 8.24. The summed E-state index contributed by atoms with van der Waals surface area (Å²) in [7, 11) is 0. The SMILES string of the molecule is O=C1C=CC=C2C=Cc3ccc(Cl)cc3OC12. The van der Waals surface area contributed by atoms with Crippen LogP contribution < -0.4 is 4.74 Å². The Morgan fingerprint density at radius 2 is 2.06 bits per heavy atom. The Hall–Kier alpha value is -1.80. The molecule has 0 saturated carbocycles. The molecule has 1 aliphatic carbocycles. The molecule has 2 nitrogen and oxygen atoms in total. The lowest BCUT2D eigenvalue weighted by atomic mass is 10.0. The average molecular weight is 245 g/mol. The lowest BCUT2D eigenvalue weighted by Gasteiger charge is -2.18. The molecule has 1 unspecified atom stereocenters. The average Bonchev–Trinajstić information content (AvgIpc) is 2.49. The minimum Gasteiger partial charge on any atom is -0.477 e. The Morgan fingerprint density at radius 1 is 1.18 bits per heavy atom. The monoisotopic (exact) mass is 244 g/mol. The van der Waals surface area contributed by atoms with Crippen LogP contribution in [0.5, 0.6) is 5.75 Å². The number of hydrogen-bond acceptors (Lipinski definition) is 2. The lowest BCUT2D eigenvalue weighted by molar-refractivity contribution is -0.119. The summed E-state index contributed by atoms with van der Waals surface area (Å²) in [5.41, 5.74) is 1.79. The number of ketones is 1. The molecule has 1 aromatic carbocycles. The minimum absolute atomic E-state index is 0.0417. The van der Waals surface area contributed by atoms with Gasteiger partial charge in [0.1, 0.15) is 5.75 Å². The van der Waals surface area contributed by atoms with E-state index in [1.165, 1.54) is 6.08 Å². The molecule has 1 aliphatic heterocycles. The molecule has 0 bridgehead atoms. The molecular formula is C14H9ClO2. The van der Waals surface area contributed by atoms with E-state index in [9.17, 15) is 4.79 Å². The van der Waals surface area contributed by atoms with Gasteiger partial charge in [-0.25, -0.2) is 0 Å². The first kappa shape index (κ1) is 10.4. The van der Waals surface area contributed by atoms with Crippen LogP contribution in [0.25, 0.3) is 6.08 Å². The van der Waals surface area contributed by atoms with Gasteiger partial charge in [0.25, 0.3) is 0 Å². The molecule has 0 N–H and O–H groups in total. The number of rotatable bonds is 0. The van der Waals surface area contributed by atoms with E-state index >= 15 is 0 Å². The van der Waals surface area contributed by atoms with Gasteiger partial charge in [0.2, 0.25) is 5.78 Å². The molecule has 17 heavy (non-hydrogen) atoms. The van der Waals surface area contributed by atoms with Gasteiger partial charge in [-0.3, -0.25) is 4.79 Å². The fraction of sp³-hybridized carbons (Fsp3) is 0.0714. The van der Waals surface area contributed by atoms with Crippen molar-refractivity contribution < 1.29 is 9.53 Å². The fourth-order valence-electron chi connectivity index (χ4n) is 1.92. The van der Waals surface area contributed by atoms with Gasteiger partial charge in [0.15, 0.2) is 6.10 Å². The molecule has 1 aromatic rings. The van der Waals surface area contributed by atoms with E-state index in [4.69, 9.17) is 16.3 Å². The lowest BCUT2D eigenvalue weighted by Crippen LogP contribution is -2.28.